The summed E-state index contributed by atoms with van der Waals surface area (Å²) in [6, 6.07) is 3.59. The zero-order valence-electron chi connectivity index (χ0n) is 10.9. The molecule has 1 fully saturated rings. The second-order valence-corrected chi connectivity index (χ2v) is 5.15. The van der Waals surface area contributed by atoms with Crippen molar-refractivity contribution in [2.24, 2.45) is 17.6 Å². The summed E-state index contributed by atoms with van der Waals surface area (Å²) >= 11 is 0. The highest BCUT2D eigenvalue weighted by atomic mass is 19.2. The molecule has 0 spiro atoms. The SMILES string of the molecule is CC1OC(C)C(C(N)c2cccc(F)c2F)C1C. The van der Waals surface area contributed by atoms with E-state index in [0.29, 0.717) is 0 Å². The Labute approximate surface area is 106 Å². The van der Waals surface area contributed by atoms with Crippen molar-refractivity contribution in [2.45, 2.75) is 39.0 Å². The lowest BCUT2D eigenvalue weighted by Crippen LogP contribution is -2.31. The fourth-order valence-electron chi connectivity index (χ4n) is 2.90. The molecule has 0 radical (unpaired) electrons. The van der Waals surface area contributed by atoms with Gasteiger partial charge in [0.05, 0.1) is 12.2 Å². The van der Waals surface area contributed by atoms with Crippen LogP contribution in [0.15, 0.2) is 18.2 Å². The minimum Gasteiger partial charge on any atom is -0.375 e. The third-order valence-electron chi connectivity index (χ3n) is 4.07. The summed E-state index contributed by atoms with van der Waals surface area (Å²) < 4.78 is 32.7. The van der Waals surface area contributed by atoms with Gasteiger partial charge in [-0.3, -0.25) is 0 Å². The van der Waals surface area contributed by atoms with E-state index in [9.17, 15) is 8.78 Å². The monoisotopic (exact) mass is 255 g/mol. The summed E-state index contributed by atoms with van der Waals surface area (Å²) in [5.74, 6) is -1.48. The van der Waals surface area contributed by atoms with Crippen molar-refractivity contribution in [3.63, 3.8) is 0 Å². The van der Waals surface area contributed by atoms with Gasteiger partial charge in [0.2, 0.25) is 0 Å². The van der Waals surface area contributed by atoms with Crippen LogP contribution in [0, 0.1) is 23.5 Å². The van der Waals surface area contributed by atoms with E-state index in [-0.39, 0.29) is 29.6 Å². The third kappa shape index (κ3) is 2.15. The zero-order chi connectivity index (χ0) is 13.4. The fourth-order valence-corrected chi connectivity index (χ4v) is 2.90. The molecule has 2 nitrogen and oxygen atoms in total. The average molecular weight is 255 g/mol. The smallest absolute Gasteiger partial charge is 0.163 e. The highest BCUT2D eigenvalue weighted by molar-refractivity contribution is 5.23. The van der Waals surface area contributed by atoms with E-state index < -0.39 is 17.7 Å². The lowest BCUT2D eigenvalue weighted by atomic mass is 9.81. The van der Waals surface area contributed by atoms with Crippen LogP contribution in [-0.2, 0) is 4.74 Å². The van der Waals surface area contributed by atoms with Crippen LogP contribution in [0.5, 0.6) is 0 Å². The van der Waals surface area contributed by atoms with Gasteiger partial charge in [0.15, 0.2) is 11.6 Å². The normalized spacial score (nSPS) is 33.7. The largest absolute Gasteiger partial charge is 0.375 e. The first kappa shape index (κ1) is 13.4. The van der Waals surface area contributed by atoms with Crippen LogP contribution in [0.2, 0.25) is 0 Å². The van der Waals surface area contributed by atoms with E-state index in [0.717, 1.165) is 6.07 Å². The van der Waals surface area contributed by atoms with Crippen LogP contribution in [0.1, 0.15) is 32.4 Å². The van der Waals surface area contributed by atoms with Crippen LogP contribution in [0.3, 0.4) is 0 Å². The molecule has 4 heteroatoms. The first-order valence-electron chi connectivity index (χ1n) is 6.28. The zero-order valence-corrected chi connectivity index (χ0v) is 10.9. The second-order valence-electron chi connectivity index (χ2n) is 5.15. The molecule has 18 heavy (non-hydrogen) atoms. The van der Waals surface area contributed by atoms with E-state index >= 15 is 0 Å². The van der Waals surface area contributed by atoms with Crippen LogP contribution in [0.25, 0.3) is 0 Å². The molecular weight excluding hydrogens is 236 g/mol. The maximum atomic E-state index is 13.8. The summed E-state index contributed by atoms with van der Waals surface area (Å²) in [5, 5.41) is 0. The summed E-state index contributed by atoms with van der Waals surface area (Å²) in [5.41, 5.74) is 6.36. The lowest BCUT2D eigenvalue weighted by molar-refractivity contribution is 0.0488. The molecule has 2 N–H and O–H groups in total. The van der Waals surface area contributed by atoms with Gasteiger partial charge < -0.3 is 10.5 Å². The van der Waals surface area contributed by atoms with Gasteiger partial charge >= 0.3 is 0 Å². The molecule has 0 aromatic heterocycles. The molecule has 1 heterocycles. The van der Waals surface area contributed by atoms with Gasteiger partial charge in [-0.15, -0.1) is 0 Å². The summed E-state index contributed by atoms with van der Waals surface area (Å²) in [6.45, 7) is 5.95. The maximum Gasteiger partial charge on any atom is 0.163 e. The minimum atomic E-state index is -0.852. The van der Waals surface area contributed by atoms with E-state index in [1.807, 2.05) is 20.8 Å². The lowest BCUT2D eigenvalue weighted by Gasteiger charge is -2.26. The van der Waals surface area contributed by atoms with E-state index in [2.05, 4.69) is 0 Å². The van der Waals surface area contributed by atoms with Gasteiger partial charge in [0.1, 0.15) is 0 Å². The molecule has 1 aliphatic heterocycles. The molecule has 1 aliphatic rings. The van der Waals surface area contributed by atoms with Crippen molar-refractivity contribution in [2.75, 3.05) is 0 Å². The summed E-state index contributed by atoms with van der Waals surface area (Å²) in [4.78, 5) is 0. The number of benzene rings is 1. The first-order valence-corrected chi connectivity index (χ1v) is 6.28. The summed E-state index contributed by atoms with van der Waals surface area (Å²) in [7, 11) is 0. The van der Waals surface area contributed by atoms with Crippen LogP contribution >= 0.6 is 0 Å². The average Bonchev–Trinajstić information content (AvgIpc) is 2.56. The Morgan fingerprint density at radius 2 is 1.83 bits per heavy atom. The minimum absolute atomic E-state index is 0.00343. The molecule has 0 bridgehead atoms. The topological polar surface area (TPSA) is 35.2 Å². The van der Waals surface area contributed by atoms with E-state index in [4.69, 9.17) is 10.5 Å². The van der Waals surface area contributed by atoms with Crippen molar-refractivity contribution in [3.05, 3.63) is 35.4 Å². The molecule has 0 amide bonds. The van der Waals surface area contributed by atoms with E-state index in [1.165, 1.54) is 6.07 Å². The van der Waals surface area contributed by atoms with Crippen molar-refractivity contribution >= 4 is 0 Å². The van der Waals surface area contributed by atoms with Gasteiger partial charge in [0, 0.05) is 17.5 Å². The van der Waals surface area contributed by atoms with Crippen molar-refractivity contribution < 1.29 is 13.5 Å². The highest BCUT2D eigenvalue weighted by Gasteiger charge is 2.41. The molecule has 0 saturated carbocycles. The first-order chi connectivity index (χ1) is 8.43. The molecule has 1 saturated heterocycles. The molecule has 2 rings (SSSR count). The van der Waals surface area contributed by atoms with Gasteiger partial charge in [0.25, 0.3) is 0 Å². The third-order valence-corrected chi connectivity index (χ3v) is 4.07. The number of halogens is 2. The van der Waals surface area contributed by atoms with Crippen molar-refractivity contribution in [3.8, 4) is 0 Å². The van der Waals surface area contributed by atoms with Crippen LogP contribution in [0.4, 0.5) is 8.78 Å². The quantitative estimate of drug-likeness (QED) is 0.881. The van der Waals surface area contributed by atoms with Gasteiger partial charge in [-0.25, -0.2) is 8.78 Å². The number of hydrogen-bond acceptors (Lipinski definition) is 2. The van der Waals surface area contributed by atoms with Crippen LogP contribution < -0.4 is 5.73 Å². The molecule has 5 atom stereocenters. The second kappa shape index (κ2) is 4.94. The molecule has 1 aromatic rings. The maximum absolute atomic E-state index is 13.8. The molecule has 1 aromatic carbocycles. The van der Waals surface area contributed by atoms with Gasteiger partial charge in [-0.05, 0) is 25.8 Å². The van der Waals surface area contributed by atoms with Gasteiger partial charge in [-0.1, -0.05) is 19.1 Å². The predicted molar refractivity (Wildman–Crippen MR) is 65.9 cm³/mol. The van der Waals surface area contributed by atoms with Crippen LogP contribution in [-0.4, -0.2) is 12.2 Å². The molecule has 100 valence electrons. The Bertz CT molecular complexity index is 438. The molecular formula is C14H19F2NO. The Morgan fingerprint density at radius 1 is 1.17 bits per heavy atom. The standard InChI is InChI=1S/C14H19F2NO/c1-7-8(2)18-9(3)12(7)14(17)10-5-4-6-11(15)13(10)16/h4-9,12,14H,17H2,1-3H3. The van der Waals surface area contributed by atoms with Gasteiger partial charge in [-0.2, -0.15) is 0 Å². The Morgan fingerprint density at radius 3 is 2.39 bits per heavy atom. The van der Waals surface area contributed by atoms with E-state index in [1.54, 1.807) is 6.07 Å². The molecule has 0 aliphatic carbocycles. The van der Waals surface area contributed by atoms with Crippen molar-refractivity contribution in [1.29, 1.82) is 0 Å². The fraction of sp³-hybridized carbons (Fsp3) is 0.571. The Hall–Kier alpha value is -1.00. The van der Waals surface area contributed by atoms with Crippen molar-refractivity contribution in [1.82, 2.24) is 0 Å². The summed E-state index contributed by atoms with van der Waals surface area (Å²) in [6.07, 6.45) is 0.0420. The predicted octanol–water partition coefficient (Wildman–Crippen LogP) is 3.02. The Balaban J connectivity index is 2.31. The number of nitrogens with two attached hydrogens (primary N) is 1. The number of ether oxygens (including phenoxy) is 1. The number of hydrogen-bond donors (Lipinski definition) is 1. The Kier molecular flexibility index (Phi) is 3.69. The highest BCUT2D eigenvalue weighted by Crippen LogP contribution is 2.40. The number of rotatable bonds is 2. The molecule has 5 unspecified atom stereocenters.